The molecular weight excluding hydrogens is 270 g/mol. The van der Waals surface area contributed by atoms with Crippen LogP contribution < -0.4 is 0 Å². The van der Waals surface area contributed by atoms with E-state index >= 15 is 0 Å². The first-order valence-corrected chi connectivity index (χ1v) is 7.94. The zero-order valence-corrected chi connectivity index (χ0v) is 14.0. The van der Waals surface area contributed by atoms with E-state index < -0.39 is 17.7 Å². The van der Waals surface area contributed by atoms with E-state index in [0.29, 0.717) is 25.5 Å². The Labute approximate surface area is 128 Å². The Morgan fingerprint density at radius 1 is 1.24 bits per heavy atom. The summed E-state index contributed by atoms with van der Waals surface area (Å²) >= 11 is 0. The van der Waals surface area contributed by atoms with E-state index in [0.717, 1.165) is 19.3 Å². The first-order chi connectivity index (χ1) is 9.78. The summed E-state index contributed by atoms with van der Waals surface area (Å²) in [6.45, 7) is 10.6. The summed E-state index contributed by atoms with van der Waals surface area (Å²) in [5, 5.41) is 0. The minimum Gasteiger partial charge on any atom is -0.464 e. The molecule has 0 spiro atoms. The molecule has 21 heavy (non-hydrogen) atoms. The standard InChI is InChI=1S/C16H29NO4/c1-6-8-9-20-14(18)13-10-12(7-2)11-17(13)15(19)21-16(3,4)5/h12-13H,6-11H2,1-5H3/t12-,13-/m0/s1. The number of carbonyl (C=O) groups is 2. The first-order valence-electron chi connectivity index (χ1n) is 7.94. The molecule has 1 heterocycles. The summed E-state index contributed by atoms with van der Waals surface area (Å²) in [6, 6.07) is -0.498. The van der Waals surface area contributed by atoms with Crippen LogP contribution in [0.25, 0.3) is 0 Å². The average molecular weight is 299 g/mol. The number of esters is 1. The highest BCUT2D eigenvalue weighted by molar-refractivity contribution is 5.82. The molecular formula is C16H29NO4. The number of rotatable bonds is 5. The fourth-order valence-corrected chi connectivity index (χ4v) is 2.38. The SMILES string of the molecule is CCCCOC(=O)[C@@H]1C[C@H](CC)CN1C(=O)OC(C)(C)C. The summed E-state index contributed by atoms with van der Waals surface area (Å²) in [5.74, 6) is 0.0338. The van der Waals surface area contributed by atoms with Gasteiger partial charge in [0.15, 0.2) is 0 Å². The zero-order valence-electron chi connectivity index (χ0n) is 14.0. The lowest BCUT2D eigenvalue weighted by Gasteiger charge is -2.27. The van der Waals surface area contributed by atoms with Gasteiger partial charge in [0, 0.05) is 6.54 Å². The molecule has 0 aliphatic carbocycles. The van der Waals surface area contributed by atoms with Gasteiger partial charge in [0.1, 0.15) is 11.6 Å². The van der Waals surface area contributed by atoms with Gasteiger partial charge < -0.3 is 9.47 Å². The quantitative estimate of drug-likeness (QED) is 0.577. The molecule has 0 aromatic carbocycles. The number of hydrogen-bond acceptors (Lipinski definition) is 4. The molecule has 1 fully saturated rings. The maximum absolute atomic E-state index is 12.3. The summed E-state index contributed by atoms with van der Waals surface area (Å²) in [6.07, 6.45) is 3.02. The monoisotopic (exact) mass is 299 g/mol. The lowest BCUT2D eigenvalue weighted by Crippen LogP contribution is -2.44. The third kappa shape index (κ3) is 5.56. The molecule has 1 amide bonds. The van der Waals surface area contributed by atoms with Crippen LogP contribution >= 0.6 is 0 Å². The highest BCUT2D eigenvalue weighted by Gasteiger charge is 2.41. The number of hydrogen-bond donors (Lipinski definition) is 0. The highest BCUT2D eigenvalue weighted by atomic mass is 16.6. The maximum Gasteiger partial charge on any atom is 0.411 e. The maximum atomic E-state index is 12.3. The van der Waals surface area contributed by atoms with Gasteiger partial charge in [-0.3, -0.25) is 4.90 Å². The molecule has 1 aliphatic rings. The van der Waals surface area contributed by atoms with Crippen molar-refractivity contribution in [3.8, 4) is 0 Å². The van der Waals surface area contributed by atoms with Crippen molar-refractivity contribution in [3.63, 3.8) is 0 Å². The predicted molar refractivity (Wildman–Crippen MR) is 81.0 cm³/mol. The van der Waals surface area contributed by atoms with E-state index in [9.17, 15) is 9.59 Å². The fraction of sp³-hybridized carbons (Fsp3) is 0.875. The summed E-state index contributed by atoms with van der Waals surface area (Å²) < 4.78 is 10.7. The number of nitrogens with zero attached hydrogens (tertiary/aromatic N) is 1. The lowest BCUT2D eigenvalue weighted by atomic mass is 10.0. The third-order valence-corrected chi connectivity index (χ3v) is 3.61. The van der Waals surface area contributed by atoms with E-state index in [1.165, 1.54) is 4.90 Å². The molecule has 0 radical (unpaired) electrons. The number of ether oxygens (including phenoxy) is 2. The molecule has 0 aromatic rings. The normalized spacial score (nSPS) is 22.2. The van der Waals surface area contributed by atoms with Crippen LogP contribution in [0.3, 0.4) is 0 Å². The summed E-state index contributed by atoms with van der Waals surface area (Å²) in [4.78, 5) is 26.0. The number of amides is 1. The molecule has 5 heteroatoms. The van der Waals surface area contributed by atoms with Crippen molar-refractivity contribution in [2.45, 2.75) is 71.9 Å². The van der Waals surface area contributed by atoms with Crippen LogP contribution in [-0.4, -0.2) is 41.8 Å². The van der Waals surface area contributed by atoms with Crippen molar-refractivity contribution in [1.82, 2.24) is 4.90 Å². The van der Waals surface area contributed by atoms with Gasteiger partial charge in [-0.2, -0.15) is 0 Å². The first kappa shape index (κ1) is 17.8. The Balaban J connectivity index is 2.69. The molecule has 0 unspecified atom stereocenters. The van der Waals surface area contributed by atoms with Crippen molar-refractivity contribution in [1.29, 1.82) is 0 Å². The van der Waals surface area contributed by atoms with Crippen molar-refractivity contribution in [2.24, 2.45) is 5.92 Å². The van der Waals surface area contributed by atoms with Crippen LogP contribution in [0.2, 0.25) is 0 Å². The van der Waals surface area contributed by atoms with Crippen LogP contribution in [0.4, 0.5) is 4.79 Å². The molecule has 0 saturated carbocycles. The second-order valence-electron chi connectivity index (χ2n) is 6.68. The fourth-order valence-electron chi connectivity index (χ4n) is 2.38. The zero-order chi connectivity index (χ0) is 16.0. The minimum atomic E-state index is -0.557. The van der Waals surface area contributed by atoms with Crippen LogP contribution in [-0.2, 0) is 14.3 Å². The van der Waals surface area contributed by atoms with E-state index in [-0.39, 0.29) is 5.97 Å². The van der Waals surface area contributed by atoms with Gasteiger partial charge in [-0.1, -0.05) is 26.7 Å². The van der Waals surface area contributed by atoms with Gasteiger partial charge in [-0.15, -0.1) is 0 Å². The Hall–Kier alpha value is -1.26. The molecule has 0 N–H and O–H groups in total. The minimum absolute atomic E-state index is 0.301. The molecule has 0 aromatic heterocycles. The Morgan fingerprint density at radius 3 is 2.43 bits per heavy atom. The van der Waals surface area contributed by atoms with Gasteiger partial charge in [0.2, 0.25) is 0 Å². The van der Waals surface area contributed by atoms with Crippen molar-refractivity contribution in [2.75, 3.05) is 13.2 Å². The highest BCUT2D eigenvalue weighted by Crippen LogP contribution is 2.28. The van der Waals surface area contributed by atoms with Crippen LogP contribution in [0, 0.1) is 5.92 Å². The average Bonchev–Trinajstić information content (AvgIpc) is 2.81. The smallest absolute Gasteiger partial charge is 0.411 e. The van der Waals surface area contributed by atoms with Gasteiger partial charge in [-0.05, 0) is 39.5 Å². The van der Waals surface area contributed by atoms with Crippen LogP contribution in [0.15, 0.2) is 0 Å². The number of likely N-dealkylation sites (tertiary alicyclic amines) is 1. The van der Waals surface area contributed by atoms with Gasteiger partial charge >= 0.3 is 12.1 Å². The number of unbranched alkanes of at least 4 members (excludes halogenated alkanes) is 1. The second-order valence-corrected chi connectivity index (χ2v) is 6.68. The lowest BCUT2D eigenvalue weighted by molar-refractivity contribution is -0.148. The second kappa shape index (κ2) is 7.66. The van der Waals surface area contributed by atoms with E-state index in [1.54, 1.807) is 0 Å². The van der Waals surface area contributed by atoms with Gasteiger partial charge in [-0.25, -0.2) is 9.59 Å². The molecule has 0 bridgehead atoms. The van der Waals surface area contributed by atoms with Crippen LogP contribution in [0.1, 0.15) is 60.3 Å². The Morgan fingerprint density at radius 2 is 1.90 bits per heavy atom. The molecule has 1 rings (SSSR count). The topological polar surface area (TPSA) is 55.8 Å². The van der Waals surface area contributed by atoms with Crippen LogP contribution in [0.5, 0.6) is 0 Å². The van der Waals surface area contributed by atoms with E-state index in [4.69, 9.17) is 9.47 Å². The molecule has 5 nitrogen and oxygen atoms in total. The van der Waals surface area contributed by atoms with E-state index in [2.05, 4.69) is 6.92 Å². The Kier molecular flexibility index (Phi) is 6.49. The molecule has 2 atom stereocenters. The van der Waals surface area contributed by atoms with Crippen molar-refractivity contribution < 1.29 is 19.1 Å². The summed E-state index contributed by atoms with van der Waals surface area (Å²) in [5.41, 5.74) is -0.557. The van der Waals surface area contributed by atoms with Gasteiger partial charge in [0.05, 0.1) is 6.61 Å². The van der Waals surface area contributed by atoms with Crippen molar-refractivity contribution in [3.05, 3.63) is 0 Å². The molecule has 1 saturated heterocycles. The Bertz CT molecular complexity index is 362. The summed E-state index contributed by atoms with van der Waals surface area (Å²) in [7, 11) is 0. The largest absolute Gasteiger partial charge is 0.464 e. The number of carbonyl (C=O) groups excluding carboxylic acids is 2. The molecule has 122 valence electrons. The van der Waals surface area contributed by atoms with Crippen molar-refractivity contribution >= 4 is 12.1 Å². The van der Waals surface area contributed by atoms with E-state index in [1.807, 2.05) is 27.7 Å². The van der Waals surface area contributed by atoms with Gasteiger partial charge in [0.25, 0.3) is 0 Å². The predicted octanol–water partition coefficient (Wildman–Crippen LogP) is 3.37. The molecule has 1 aliphatic heterocycles. The third-order valence-electron chi connectivity index (χ3n) is 3.61.